The van der Waals surface area contributed by atoms with E-state index in [1.165, 1.54) is 5.56 Å². The number of ether oxygens (including phenoxy) is 1. The van der Waals surface area contributed by atoms with Gasteiger partial charge in [0.15, 0.2) is 0 Å². The number of hydrogen-bond donors (Lipinski definition) is 1. The van der Waals surface area contributed by atoms with E-state index in [1.54, 1.807) is 0 Å². The third kappa shape index (κ3) is 3.98. The van der Waals surface area contributed by atoms with Crippen molar-refractivity contribution in [2.24, 2.45) is 0 Å². The molecule has 2 rings (SSSR count). The van der Waals surface area contributed by atoms with Crippen LogP contribution in [0.15, 0.2) is 24.3 Å². The molecule has 0 radical (unpaired) electrons. The van der Waals surface area contributed by atoms with Gasteiger partial charge in [0.05, 0.1) is 0 Å². The van der Waals surface area contributed by atoms with E-state index >= 15 is 0 Å². The minimum absolute atomic E-state index is 0.456. The Bertz CT molecular complexity index is 350. The molecule has 0 aliphatic carbocycles. The van der Waals surface area contributed by atoms with Gasteiger partial charge in [0.2, 0.25) is 0 Å². The smallest absolute Gasteiger partial charge is 0.0480 e. The van der Waals surface area contributed by atoms with Crippen molar-refractivity contribution in [2.75, 3.05) is 13.2 Å². The van der Waals surface area contributed by atoms with Gasteiger partial charge in [-0.05, 0) is 37.8 Å². The van der Waals surface area contributed by atoms with E-state index < -0.39 is 0 Å². The molecule has 1 fully saturated rings. The average molecular weight is 254 g/mol. The molecule has 0 saturated carbocycles. The normalized spacial score (nSPS) is 19.2. The predicted octanol–water partition coefficient (Wildman–Crippen LogP) is 3.04. The first-order chi connectivity index (χ1) is 8.25. The molecule has 0 spiro atoms. The van der Waals surface area contributed by atoms with Crippen LogP contribution in [0.25, 0.3) is 0 Å². The van der Waals surface area contributed by atoms with Gasteiger partial charge in [0, 0.05) is 30.3 Å². The summed E-state index contributed by atoms with van der Waals surface area (Å²) in [6, 6.07) is 9.13. The summed E-state index contributed by atoms with van der Waals surface area (Å²) in [5.74, 6) is 0. The van der Waals surface area contributed by atoms with E-state index in [0.29, 0.717) is 12.1 Å². The first-order valence-corrected chi connectivity index (χ1v) is 6.70. The monoisotopic (exact) mass is 253 g/mol. The van der Waals surface area contributed by atoms with Gasteiger partial charge >= 0.3 is 0 Å². The van der Waals surface area contributed by atoms with Crippen molar-refractivity contribution in [2.45, 2.75) is 38.3 Å². The Morgan fingerprint density at radius 2 is 2.06 bits per heavy atom. The molecule has 1 aliphatic rings. The lowest BCUT2D eigenvalue weighted by Gasteiger charge is -2.27. The highest BCUT2D eigenvalue weighted by Gasteiger charge is 2.16. The number of halogens is 1. The maximum atomic E-state index is 6.16. The summed E-state index contributed by atoms with van der Waals surface area (Å²) < 4.78 is 5.36. The van der Waals surface area contributed by atoms with Crippen LogP contribution in [0.5, 0.6) is 0 Å². The molecule has 1 aromatic carbocycles. The summed E-state index contributed by atoms with van der Waals surface area (Å²) in [5, 5.41) is 4.52. The molecular formula is C14H20ClNO. The molecule has 1 heterocycles. The fraction of sp³-hybridized carbons (Fsp3) is 0.571. The quantitative estimate of drug-likeness (QED) is 0.891. The molecule has 94 valence electrons. The zero-order chi connectivity index (χ0) is 12.1. The highest BCUT2D eigenvalue weighted by molar-refractivity contribution is 6.31. The topological polar surface area (TPSA) is 21.3 Å². The minimum atomic E-state index is 0.456. The Morgan fingerprint density at radius 1 is 1.35 bits per heavy atom. The summed E-state index contributed by atoms with van der Waals surface area (Å²) >= 11 is 6.16. The van der Waals surface area contributed by atoms with Gasteiger partial charge in [0.25, 0.3) is 0 Å². The van der Waals surface area contributed by atoms with E-state index in [2.05, 4.69) is 18.3 Å². The largest absolute Gasteiger partial charge is 0.381 e. The predicted molar refractivity (Wildman–Crippen MR) is 71.6 cm³/mol. The molecule has 17 heavy (non-hydrogen) atoms. The molecule has 0 aromatic heterocycles. The second kappa shape index (κ2) is 6.39. The van der Waals surface area contributed by atoms with Crippen LogP contribution in [-0.2, 0) is 11.2 Å². The Balaban J connectivity index is 1.84. The van der Waals surface area contributed by atoms with Gasteiger partial charge in [-0.3, -0.25) is 0 Å². The maximum Gasteiger partial charge on any atom is 0.0480 e. The van der Waals surface area contributed by atoms with Gasteiger partial charge < -0.3 is 10.1 Å². The van der Waals surface area contributed by atoms with E-state index in [-0.39, 0.29) is 0 Å². The van der Waals surface area contributed by atoms with Crippen LogP contribution < -0.4 is 5.32 Å². The first-order valence-electron chi connectivity index (χ1n) is 6.33. The summed E-state index contributed by atoms with van der Waals surface area (Å²) in [6.07, 6.45) is 3.22. The highest BCUT2D eigenvalue weighted by atomic mass is 35.5. The fourth-order valence-electron chi connectivity index (χ4n) is 2.32. The number of hydrogen-bond acceptors (Lipinski definition) is 2. The third-order valence-corrected chi connectivity index (χ3v) is 3.59. The number of rotatable bonds is 4. The van der Waals surface area contributed by atoms with Gasteiger partial charge in [-0.25, -0.2) is 0 Å². The van der Waals surface area contributed by atoms with Crippen molar-refractivity contribution < 1.29 is 4.74 Å². The standard InChI is InChI=1S/C14H20ClNO/c1-11(16-13-6-8-17-9-7-13)10-12-4-2-3-5-14(12)15/h2-5,11,13,16H,6-10H2,1H3. The Kier molecular flexibility index (Phi) is 4.84. The van der Waals surface area contributed by atoms with Gasteiger partial charge in [-0.2, -0.15) is 0 Å². The lowest BCUT2D eigenvalue weighted by molar-refractivity contribution is 0.0755. The van der Waals surface area contributed by atoms with Gasteiger partial charge in [-0.1, -0.05) is 29.8 Å². The van der Waals surface area contributed by atoms with Gasteiger partial charge in [0.1, 0.15) is 0 Å². The molecule has 0 bridgehead atoms. The summed E-state index contributed by atoms with van der Waals surface area (Å²) in [5.41, 5.74) is 1.22. The van der Waals surface area contributed by atoms with Crippen LogP contribution in [0.2, 0.25) is 5.02 Å². The fourth-order valence-corrected chi connectivity index (χ4v) is 2.53. The molecule has 1 atom stereocenters. The van der Waals surface area contributed by atoms with Crippen molar-refractivity contribution >= 4 is 11.6 Å². The second-order valence-corrected chi connectivity index (χ2v) is 5.16. The molecular weight excluding hydrogens is 234 g/mol. The van der Waals surface area contributed by atoms with Crippen LogP contribution in [0.4, 0.5) is 0 Å². The Morgan fingerprint density at radius 3 is 2.76 bits per heavy atom. The first kappa shape index (κ1) is 12.9. The van der Waals surface area contributed by atoms with Crippen LogP contribution in [0.3, 0.4) is 0 Å². The van der Waals surface area contributed by atoms with Crippen LogP contribution in [0.1, 0.15) is 25.3 Å². The zero-order valence-corrected chi connectivity index (χ0v) is 11.0. The Hall–Kier alpha value is -0.570. The van der Waals surface area contributed by atoms with Crippen molar-refractivity contribution in [3.8, 4) is 0 Å². The second-order valence-electron chi connectivity index (χ2n) is 4.75. The number of benzene rings is 1. The van der Waals surface area contributed by atoms with Crippen molar-refractivity contribution in [1.29, 1.82) is 0 Å². The maximum absolute atomic E-state index is 6.16. The molecule has 1 unspecified atom stereocenters. The van der Waals surface area contributed by atoms with E-state index in [0.717, 1.165) is 37.5 Å². The van der Waals surface area contributed by atoms with E-state index in [9.17, 15) is 0 Å². The zero-order valence-electron chi connectivity index (χ0n) is 10.3. The summed E-state index contributed by atoms with van der Waals surface area (Å²) in [7, 11) is 0. The van der Waals surface area contributed by atoms with Crippen molar-refractivity contribution in [3.63, 3.8) is 0 Å². The molecule has 3 heteroatoms. The molecule has 1 aromatic rings. The SMILES string of the molecule is CC(Cc1ccccc1Cl)NC1CCOCC1. The van der Waals surface area contributed by atoms with E-state index in [1.807, 2.05) is 18.2 Å². The van der Waals surface area contributed by atoms with E-state index in [4.69, 9.17) is 16.3 Å². The molecule has 0 amide bonds. The molecule has 1 aliphatic heterocycles. The lowest BCUT2D eigenvalue weighted by atomic mass is 10.0. The van der Waals surface area contributed by atoms with Crippen molar-refractivity contribution in [1.82, 2.24) is 5.32 Å². The highest BCUT2D eigenvalue weighted by Crippen LogP contribution is 2.17. The summed E-state index contributed by atoms with van der Waals surface area (Å²) in [6.45, 7) is 3.99. The van der Waals surface area contributed by atoms with Crippen LogP contribution in [0, 0.1) is 0 Å². The van der Waals surface area contributed by atoms with Crippen LogP contribution in [-0.4, -0.2) is 25.3 Å². The lowest BCUT2D eigenvalue weighted by Crippen LogP contribution is -2.41. The average Bonchev–Trinajstić information content (AvgIpc) is 2.33. The van der Waals surface area contributed by atoms with Crippen LogP contribution >= 0.6 is 11.6 Å². The van der Waals surface area contributed by atoms with Crippen molar-refractivity contribution in [3.05, 3.63) is 34.9 Å². The molecule has 1 saturated heterocycles. The van der Waals surface area contributed by atoms with Gasteiger partial charge in [-0.15, -0.1) is 0 Å². The molecule has 1 N–H and O–H groups in total. The third-order valence-electron chi connectivity index (χ3n) is 3.23. The Labute approximate surface area is 108 Å². The molecule has 2 nitrogen and oxygen atoms in total. The summed E-state index contributed by atoms with van der Waals surface area (Å²) in [4.78, 5) is 0. The number of nitrogens with one attached hydrogen (secondary N) is 1. The minimum Gasteiger partial charge on any atom is -0.381 e.